The minimum absolute atomic E-state index is 0.233. The molecule has 0 atom stereocenters. The van der Waals surface area contributed by atoms with Gasteiger partial charge in [-0.05, 0) is 30.3 Å². The van der Waals surface area contributed by atoms with E-state index in [1.54, 1.807) is 41.3 Å². The summed E-state index contributed by atoms with van der Waals surface area (Å²) in [6.07, 6.45) is 5.11. The van der Waals surface area contributed by atoms with Crippen molar-refractivity contribution in [1.29, 1.82) is 0 Å². The van der Waals surface area contributed by atoms with Crippen LogP contribution in [0.2, 0.25) is 0 Å². The monoisotopic (exact) mass is 379 g/mol. The molecule has 1 aromatic carbocycles. The Morgan fingerprint density at radius 2 is 1.70 bits per heavy atom. The summed E-state index contributed by atoms with van der Waals surface area (Å²) in [6, 6.07) is 14.3. The molecule has 27 heavy (non-hydrogen) atoms. The first-order valence-electron chi connectivity index (χ1n) is 8.25. The molecule has 0 aliphatic rings. The van der Waals surface area contributed by atoms with Crippen molar-refractivity contribution in [1.82, 2.24) is 23.9 Å². The van der Waals surface area contributed by atoms with Gasteiger partial charge in [0.05, 0.1) is 16.3 Å². The molecule has 8 heteroatoms. The Labute approximate surface area is 157 Å². The summed E-state index contributed by atoms with van der Waals surface area (Å²) >= 11 is 0. The van der Waals surface area contributed by atoms with E-state index in [0.29, 0.717) is 5.65 Å². The third-order valence-electron chi connectivity index (χ3n) is 4.24. The van der Waals surface area contributed by atoms with Crippen LogP contribution in [0.4, 0.5) is 0 Å². The molecule has 3 aromatic heterocycles. The summed E-state index contributed by atoms with van der Waals surface area (Å²) in [5, 5.41) is 4.65. The Morgan fingerprint density at radius 1 is 0.926 bits per heavy atom. The Hall–Kier alpha value is -3.10. The van der Waals surface area contributed by atoms with Crippen molar-refractivity contribution in [3.8, 4) is 22.5 Å². The fourth-order valence-electron chi connectivity index (χ4n) is 2.80. The maximum Gasteiger partial charge on any atom is 0.242 e. The second kappa shape index (κ2) is 6.57. The highest BCUT2D eigenvalue weighted by atomic mass is 32.2. The van der Waals surface area contributed by atoms with Gasteiger partial charge in [-0.1, -0.05) is 12.1 Å². The number of aromatic nitrogens is 4. The Bertz CT molecular complexity index is 1220. The summed E-state index contributed by atoms with van der Waals surface area (Å²) in [6.45, 7) is 0. The van der Waals surface area contributed by atoms with E-state index in [0.717, 1.165) is 22.5 Å². The molecule has 0 aliphatic carbocycles. The van der Waals surface area contributed by atoms with Crippen LogP contribution in [-0.2, 0) is 10.0 Å². The first-order valence-corrected chi connectivity index (χ1v) is 9.69. The third kappa shape index (κ3) is 3.09. The topological polar surface area (TPSA) is 80.5 Å². The van der Waals surface area contributed by atoms with E-state index >= 15 is 0 Å². The third-order valence-corrected chi connectivity index (χ3v) is 6.05. The molecule has 0 unspecified atom stereocenters. The normalized spacial score (nSPS) is 12.0. The van der Waals surface area contributed by atoms with Gasteiger partial charge in [-0.2, -0.15) is 5.10 Å². The summed E-state index contributed by atoms with van der Waals surface area (Å²) in [5.41, 5.74) is 3.89. The molecule has 0 amide bonds. The maximum atomic E-state index is 12.5. The zero-order valence-electron chi connectivity index (χ0n) is 14.8. The molecule has 3 heterocycles. The van der Waals surface area contributed by atoms with Gasteiger partial charge in [0.25, 0.3) is 0 Å². The van der Waals surface area contributed by atoms with Crippen molar-refractivity contribution in [2.45, 2.75) is 4.90 Å². The number of pyridine rings is 1. The van der Waals surface area contributed by atoms with Crippen molar-refractivity contribution in [3.63, 3.8) is 0 Å². The number of sulfonamides is 1. The SMILES string of the molecule is CN(C)S(=O)(=O)c1cccc(-c2ccnc3cc(-c4ccncc4)nn23)c1. The van der Waals surface area contributed by atoms with Crippen molar-refractivity contribution in [2.24, 2.45) is 0 Å². The zero-order valence-corrected chi connectivity index (χ0v) is 15.6. The number of hydrogen-bond donors (Lipinski definition) is 0. The number of rotatable bonds is 4. The highest BCUT2D eigenvalue weighted by molar-refractivity contribution is 7.89. The summed E-state index contributed by atoms with van der Waals surface area (Å²) in [7, 11) is -0.487. The standard InChI is InChI=1S/C19H17N5O2S/c1-23(2)27(25,26)16-5-3-4-15(12-16)18-8-11-21-19-13-17(22-24(18)19)14-6-9-20-10-7-14/h3-13H,1-2H3. The summed E-state index contributed by atoms with van der Waals surface area (Å²) in [4.78, 5) is 8.63. The summed E-state index contributed by atoms with van der Waals surface area (Å²) in [5.74, 6) is 0. The quantitative estimate of drug-likeness (QED) is 0.545. The molecule has 0 saturated heterocycles. The molecule has 0 fully saturated rings. The van der Waals surface area contributed by atoms with E-state index in [9.17, 15) is 8.42 Å². The zero-order chi connectivity index (χ0) is 19.0. The molecule has 0 radical (unpaired) electrons. The Morgan fingerprint density at radius 3 is 2.44 bits per heavy atom. The molecule has 136 valence electrons. The molecular weight excluding hydrogens is 362 g/mol. The minimum Gasteiger partial charge on any atom is -0.265 e. The minimum atomic E-state index is -3.52. The highest BCUT2D eigenvalue weighted by Crippen LogP contribution is 2.26. The van der Waals surface area contributed by atoms with Gasteiger partial charge in [0.15, 0.2) is 5.65 Å². The molecule has 0 bridgehead atoms. The largest absolute Gasteiger partial charge is 0.265 e. The predicted molar refractivity (Wildman–Crippen MR) is 103 cm³/mol. The van der Waals surface area contributed by atoms with Crippen LogP contribution in [0, 0.1) is 0 Å². The van der Waals surface area contributed by atoms with Crippen molar-refractivity contribution in [2.75, 3.05) is 14.1 Å². The average Bonchev–Trinajstić information content (AvgIpc) is 3.13. The van der Waals surface area contributed by atoms with Gasteiger partial charge in [-0.25, -0.2) is 22.2 Å². The van der Waals surface area contributed by atoms with Gasteiger partial charge in [0, 0.05) is 49.9 Å². The van der Waals surface area contributed by atoms with Crippen LogP contribution in [0.25, 0.3) is 28.2 Å². The second-order valence-corrected chi connectivity index (χ2v) is 8.33. The van der Waals surface area contributed by atoms with Crippen LogP contribution in [0.3, 0.4) is 0 Å². The van der Waals surface area contributed by atoms with Gasteiger partial charge in [0.2, 0.25) is 10.0 Å². The maximum absolute atomic E-state index is 12.5. The van der Waals surface area contributed by atoms with Crippen molar-refractivity contribution in [3.05, 3.63) is 67.1 Å². The van der Waals surface area contributed by atoms with E-state index in [1.165, 1.54) is 18.4 Å². The Balaban J connectivity index is 1.87. The fourth-order valence-corrected chi connectivity index (χ4v) is 3.75. The van der Waals surface area contributed by atoms with Crippen LogP contribution < -0.4 is 0 Å². The van der Waals surface area contributed by atoms with Gasteiger partial charge in [-0.3, -0.25) is 4.98 Å². The van der Waals surface area contributed by atoms with E-state index in [4.69, 9.17) is 0 Å². The van der Waals surface area contributed by atoms with Crippen LogP contribution in [0.5, 0.6) is 0 Å². The lowest BCUT2D eigenvalue weighted by atomic mass is 10.1. The second-order valence-electron chi connectivity index (χ2n) is 6.18. The molecule has 4 aromatic rings. The van der Waals surface area contributed by atoms with E-state index in [1.807, 2.05) is 30.3 Å². The first-order chi connectivity index (χ1) is 13.0. The highest BCUT2D eigenvalue weighted by Gasteiger charge is 2.18. The fraction of sp³-hybridized carbons (Fsp3) is 0.105. The first kappa shape index (κ1) is 17.3. The van der Waals surface area contributed by atoms with Crippen LogP contribution >= 0.6 is 0 Å². The number of hydrogen-bond acceptors (Lipinski definition) is 5. The molecule has 0 saturated carbocycles. The smallest absolute Gasteiger partial charge is 0.242 e. The number of benzene rings is 1. The molecule has 0 spiro atoms. The molecule has 0 aliphatic heterocycles. The van der Waals surface area contributed by atoms with Crippen LogP contribution in [0.1, 0.15) is 0 Å². The summed E-state index contributed by atoms with van der Waals surface area (Å²) < 4.78 is 27.8. The van der Waals surface area contributed by atoms with E-state index in [-0.39, 0.29) is 4.90 Å². The average molecular weight is 379 g/mol. The van der Waals surface area contributed by atoms with Crippen molar-refractivity contribution < 1.29 is 8.42 Å². The van der Waals surface area contributed by atoms with Crippen LogP contribution in [-0.4, -0.2) is 46.4 Å². The van der Waals surface area contributed by atoms with Gasteiger partial charge in [0.1, 0.15) is 0 Å². The lowest BCUT2D eigenvalue weighted by Gasteiger charge is -2.12. The molecule has 4 rings (SSSR count). The van der Waals surface area contributed by atoms with Crippen molar-refractivity contribution >= 4 is 15.7 Å². The molecular formula is C19H17N5O2S. The van der Waals surface area contributed by atoms with Gasteiger partial charge < -0.3 is 0 Å². The van der Waals surface area contributed by atoms with Gasteiger partial charge >= 0.3 is 0 Å². The lowest BCUT2D eigenvalue weighted by molar-refractivity contribution is 0.521. The molecule has 7 nitrogen and oxygen atoms in total. The van der Waals surface area contributed by atoms with Crippen LogP contribution in [0.15, 0.2) is 72.0 Å². The van der Waals surface area contributed by atoms with E-state index in [2.05, 4.69) is 15.1 Å². The molecule has 0 N–H and O–H groups in total. The number of fused-ring (bicyclic) bond motifs is 1. The number of nitrogens with zero attached hydrogens (tertiary/aromatic N) is 5. The van der Waals surface area contributed by atoms with E-state index < -0.39 is 10.0 Å². The lowest BCUT2D eigenvalue weighted by Crippen LogP contribution is -2.22. The predicted octanol–water partition coefficient (Wildman–Crippen LogP) is 2.71. The Kier molecular flexibility index (Phi) is 4.21. The van der Waals surface area contributed by atoms with Gasteiger partial charge in [-0.15, -0.1) is 0 Å².